The van der Waals surface area contributed by atoms with Crippen molar-refractivity contribution in [3.05, 3.63) is 23.3 Å². The molecular weight excluding hydrogens is 202 g/mol. The summed E-state index contributed by atoms with van der Waals surface area (Å²) in [6.07, 6.45) is 2.88. The normalized spacial score (nSPS) is 15.5. The number of nitrogens with one attached hydrogen (secondary N) is 1. The highest BCUT2D eigenvalue weighted by Crippen LogP contribution is 2.11. The molecule has 76 valence electrons. The molecule has 1 aromatic rings. The lowest BCUT2D eigenvalue weighted by Gasteiger charge is -2.00. The maximum Gasteiger partial charge on any atom is 0.154 e. The summed E-state index contributed by atoms with van der Waals surface area (Å²) >= 11 is 0. The summed E-state index contributed by atoms with van der Waals surface area (Å²) < 4.78 is 22.0. The van der Waals surface area contributed by atoms with Crippen molar-refractivity contribution in [1.29, 1.82) is 0 Å². The predicted molar refractivity (Wildman–Crippen MR) is 51.1 cm³/mol. The second kappa shape index (κ2) is 3.29. The van der Waals surface area contributed by atoms with Gasteiger partial charge in [0.25, 0.3) is 0 Å². The van der Waals surface area contributed by atoms with E-state index < -0.39 is 9.84 Å². The molecule has 14 heavy (non-hydrogen) atoms. The number of aromatic nitrogens is 2. The average Bonchev–Trinajstić information content (AvgIpc) is 2.47. The minimum Gasteiger partial charge on any atom is -0.307 e. The van der Waals surface area contributed by atoms with Gasteiger partial charge >= 0.3 is 0 Å². The highest BCUT2D eigenvalue weighted by molar-refractivity contribution is 7.89. The Balaban J connectivity index is 2.29. The predicted octanol–water partition coefficient (Wildman–Crippen LogP) is -0.376. The first-order valence-corrected chi connectivity index (χ1v) is 6.33. The molecule has 0 aliphatic carbocycles. The van der Waals surface area contributed by atoms with Crippen LogP contribution < -0.4 is 5.32 Å². The fraction of sp³-hybridized carbons (Fsp3) is 0.500. The molecule has 0 fully saturated rings. The first-order valence-electron chi connectivity index (χ1n) is 4.27. The van der Waals surface area contributed by atoms with Crippen LogP contribution in [0.25, 0.3) is 0 Å². The van der Waals surface area contributed by atoms with Gasteiger partial charge in [-0.3, -0.25) is 0 Å². The minimum absolute atomic E-state index is 0.0831. The van der Waals surface area contributed by atoms with Crippen molar-refractivity contribution in [2.75, 3.05) is 6.26 Å². The molecule has 0 radical (unpaired) electrons. The van der Waals surface area contributed by atoms with Crippen LogP contribution in [0.4, 0.5) is 0 Å². The highest BCUT2D eigenvalue weighted by Gasteiger charge is 2.14. The van der Waals surface area contributed by atoms with Crippen LogP contribution in [0.1, 0.15) is 17.1 Å². The minimum atomic E-state index is -3.04. The van der Waals surface area contributed by atoms with Crippen molar-refractivity contribution in [2.45, 2.75) is 18.8 Å². The third kappa shape index (κ3) is 2.08. The Bertz CT molecular complexity index is 456. The fourth-order valence-corrected chi connectivity index (χ4v) is 2.01. The van der Waals surface area contributed by atoms with Gasteiger partial charge in [-0.1, -0.05) is 0 Å². The van der Waals surface area contributed by atoms with Gasteiger partial charge in [-0.2, -0.15) is 0 Å². The van der Waals surface area contributed by atoms with E-state index >= 15 is 0 Å². The molecule has 0 unspecified atom stereocenters. The van der Waals surface area contributed by atoms with E-state index in [0.717, 1.165) is 17.8 Å². The molecule has 0 amide bonds. The number of nitrogens with zero attached hydrogens (tertiary/aromatic N) is 2. The van der Waals surface area contributed by atoms with E-state index in [2.05, 4.69) is 15.3 Å². The van der Waals surface area contributed by atoms with Crippen LogP contribution in [0.15, 0.2) is 6.20 Å². The molecule has 0 spiro atoms. The van der Waals surface area contributed by atoms with Gasteiger partial charge in [0.05, 0.1) is 5.69 Å². The molecule has 2 rings (SSSR count). The van der Waals surface area contributed by atoms with E-state index in [1.54, 1.807) is 6.20 Å². The van der Waals surface area contributed by atoms with E-state index in [9.17, 15) is 8.42 Å². The molecule has 1 N–H and O–H groups in total. The molecule has 0 aromatic carbocycles. The zero-order valence-electron chi connectivity index (χ0n) is 7.82. The lowest BCUT2D eigenvalue weighted by molar-refractivity contribution is 0.599. The number of hydrogen-bond donors (Lipinski definition) is 1. The zero-order chi connectivity index (χ0) is 10.2. The van der Waals surface area contributed by atoms with Gasteiger partial charge in [-0.15, -0.1) is 0 Å². The fourth-order valence-electron chi connectivity index (χ4n) is 1.40. The summed E-state index contributed by atoms with van der Waals surface area (Å²) in [7, 11) is -3.04. The largest absolute Gasteiger partial charge is 0.307 e. The molecule has 2 heterocycles. The van der Waals surface area contributed by atoms with Gasteiger partial charge in [0.1, 0.15) is 11.6 Å². The molecule has 1 aliphatic heterocycles. The Hall–Kier alpha value is -1.01. The lowest BCUT2D eigenvalue weighted by Crippen LogP contribution is -2.07. The molecule has 0 saturated heterocycles. The van der Waals surface area contributed by atoms with Gasteiger partial charge in [-0.05, 0) is 0 Å². The Morgan fingerprint density at radius 2 is 2.29 bits per heavy atom. The molecule has 0 saturated carbocycles. The molecule has 6 heteroatoms. The molecule has 1 aliphatic rings. The topological polar surface area (TPSA) is 72.0 Å². The smallest absolute Gasteiger partial charge is 0.154 e. The Morgan fingerprint density at radius 1 is 1.50 bits per heavy atom. The van der Waals surface area contributed by atoms with Crippen LogP contribution in [0.2, 0.25) is 0 Å². The van der Waals surface area contributed by atoms with Crippen molar-refractivity contribution in [2.24, 2.45) is 0 Å². The number of rotatable bonds is 2. The summed E-state index contributed by atoms with van der Waals surface area (Å²) in [5.74, 6) is 0.301. The SMILES string of the molecule is CS(=O)(=O)Cc1ncc2c(n1)CNC2. The molecular formula is C8H11N3O2S. The first kappa shape index (κ1) is 9.54. The Kier molecular flexibility index (Phi) is 2.24. The molecule has 0 atom stereocenters. The molecule has 1 aromatic heterocycles. The second-order valence-electron chi connectivity index (χ2n) is 3.43. The number of fused-ring (bicyclic) bond motifs is 1. The van der Waals surface area contributed by atoms with Crippen molar-refractivity contribution in [1.82, 2.24) is 15.3 Å². The van der Waals surface area contributed by atoms with E-state index in [1.807, 2.05) is 0 Å². The van der Waals surface area contributed by atoms with Crippen molar-refractivity contribution >= 4 is 9.84 Å². The molecule has 5 nitrogen and oxygen atoms in total. The third-order valence-corrected chi connectivity index (χ3v) is 2.79. The summed E-state index contributed by atoms with van der Waals surface area (Å²) in [6, 6.07) is 0. The highest BCUT2D eigenvalue weighted by atomic mass is 32.2. The van der Waals surface area contributed by atoms with E-state index in [4.69, 9.17) is 0 Å². The van der Waals surface area contributed by atoms with Crippen LogP contribution in [-0.2, 0) is 28.7 Å². The first-order chi connectivity index (χ1) is 6.54. The van der Waals surface area contributed by atoms with Crippen LogP contribution >= 0.6 is 0 Å². The summed E-state index contributed by atoms with van der Waals surface area (Å²) in [6.45, 7) is 1.48. The maximum atomic E-state index is 11.0. The van der Waals surface area contributed by atoms with E-state index in [1.165, 1.54) is 6.26 Å². The number of hydrogen-bond acceptors (Lipinski definition) is 5. The standard InChI is InChI=1S/C8H11N3O2S/c1-14(12,13)5-8-10-3-6-2-9-4-7(6)11-8/h3,9H,2,4-5H2,1H3. The van der Waals surface area contributed by atoms with E-state index in [-0.39, 0.29) is 5.75 Å². The Labute approximate surface area is 82.5 Å². The van der Waals surface area contributed by atoms with Gasteiger partial charge in [-0.25, -0.2) is 18.4 Å². The lowest BCUT2D eigenvalue weighted by atomic mass is 10.3. The van der Waals surface area contributed by atoms with Crippen molar-refractivity contribution < 1.29 is 8.42 Å². The monoisotopic (exact) mass is 213 g/mol. The van der Waals surface area contributed by atoms with Gasteiger partial charge in [0.15, 0.2) is 9.84 Å². The van der Waals surface area contributed by atoms with Crippen LogP contribution in [0, 0.1) is 0 Å². The summed E-state index contributed by atoms with van der Waals surface area (Å²) in [5.41, 5.74) is 1.97. The third-order valence-electron chi connectivity index (χ3n) is 2.00. The Morgan fingerprint density at radius 3 is 3.00 bits per heavy atom. The number of sulfone groups is 1. The van der Waals surface area contributed by atoms with Crippen LogP contribution in [0.5, 0.6) is 0 Å². The summed E-state index contributed by atoms with van der Waals surface area (Å²) in [4.78, 5) is 8.19. The summed E-state index contributed by atoms with van der Waals surface area (Å²) in [5, 5.41) is 3.13. The van der Waals surface area contributed by atoms with Gasteiger partial charge in [0, 0.05) is 31.1 Å². The quantitative estimate of drug-likeness (QED) is 0.725. The van der Waals surface area contributed by atoms with Crippen molar-refractivity contribution in [3.63, 3.8) is 0 Å². The van der Waals surface area contributed by atoms with Crippen molar-refractivity contribution in [3.8, 4) is 0 Å². The van der Waals surface area contributed by atoms with Crippen LogP contribution in [0.3, 0.4) is 0 Å². The zero-order valence-corrected chi connectivity index (χ0v) is 8.63. The van der Waals surface area contributed by atoms with E-state index in [0.29, 0.717) is 12.4 Å². The van der Waals surface area contributed by atoms with Crippen LogP contribution in [-0.4, -0.2) is 24.6 Å². The maximum absolute atomic E-state index is 11.0. The second-order valence-corrected chi connectivity index (χ2v) is 5.57. The average molecular weight is 213 g/mol. The van der Waals surface area contributed by atoms with Gasteiger partial charge in [0.2, 0.25) is 0 Å². The van der Waals surface area contributed by atoms with Gasteiger partial charge < -0.3 is 5.32 Å². The molecule has 0 bridgehead atoms.